The summed E-state index contributed by atoms with van der Waals surface area (Å²) >= 11 is 0. The lowest BCUT2D eigenvalue weighted by molar-refractivity contribution is -0.143. The Hall–Kier alpha value is -3.22. The fraction of sp³-hybridized carbons (Fsp3) is 0.571. The molecule has 0 aromatic carbocycles. The van der Waals surface area contributed by atoms with Crippen molar-refractivity contribution in [1.82, 2.24) is 16.0 Å². The van der Waals surface area contributed by atoms with Crippen LogP contribution in [0.5, 0.6) is 0 Å². The molecule has 0 saturated heterocycles. The maximum Gasteiger partial charge on any atom is 0.326 e. The Morgan fingerprint density at radius 1 is 0.778 bits per heavy atom. The van der Waals surface area contributed by atoms with Gasteiger partial charge in [-0.3, -0.25) is 24.0 Å². The SMILES string of the molecule is CC(N)C(=O)NC(CC(N)=O)C(=O)NC(C)C(=O)NC(CC(N)=O)C(=O)O. The molecule has 0 radical (unpaired) electrons. The zero-order valence-corrected chi connectivity index (χ0v) is 14.9. The number of amides is 5. The molecule has 27 heavy (non-hydrogen) atoms. The van der Waals surface area contributed by atoms with Gasteiger partial charge in [0, 0.05) is 0 Å². The van der Waals surface area contributed by atoms with Gasteiger partial charge in [0.2, 0.25) is 29.5 Å². The van der Waals surface area contributed by atoms with Gasteiger partial charge in [-0.25, -0.2) is 4.79 Å². The molecular formula is C14H24N6O7. The Kier molecular flexibility index (Phi) is 9.42. The van der Waals surface area contributed by atoms with Gasteiger partial charge in [0.1, 0.15) is 18.1 Å². The largest absolute Gasteiger partial charge is 0.480 e. The van der Waals surface area contributed by atoms with E-state index >= 15 is 0 Å². The van der Waals surface area contributed by atoms with Crippen molar-refractivity contribution in [3.8, 4) is 0 Å². The van der Waals surface area contributed by atoms with Crippen molar-refractivity contribution in [2.24, 2.45) is 17.2 Å². The molecule has 0 heterocycles. The third-order valence-electron chi connectivity index (χ3n) is 3.22. The van der Waals surface area contributed by atoms with Crippen LogP contribution in [0.3, 0.4) is 0 Å². The number of hydrogen-bond acceptors (Lipinski definition) is 7. The number of carbonyl (C=O) groups excluding carboxylic acids is 5. The van der Waals surface area contributed by atoms with E-state index in [1.807, 2.05) is 5.32 Å². The predicted molar refractivity (Wildman–Crippen MR) is 90.4 cm³/mol. The lowest BCUT2D eigenvalue weighted by Crippen LogP contribution is -2.57. The van der Waals surface area contributed by atoms with Crippen molar-refractivity contribution in [2.45, 2.75) is 50.9 Å². The van der Waals surface area contributed by atoms with Gasteiger partial charge in [0.15, 0.2) is 0 Å². The molecule has 13 heteroatoms. The normalized spacial score (nSPS) is 14.8. The first-order valence-electron chi connectivity index (χ1n) is 7.81. The molecule has 13 nitrogen and oxygen atoms in total. The summed E-state index contributed by atoms with van der Waals surface area (Å²) in [4.78, 5) is 68.8. The molecular weight excluding hydrogens is 364 g/mol. The highest BCUT2D eigenvalue weighted by Crippen LogP contribution is 1.97. The Morgan fingerprint density at radius 2 is 1.22 bits per heavy atom. The zero-order chi connectivity index (χ0) is 21.3. The average Bonchev–Trinajstić information content (AvgIpc) is 2.51. The molecule has 5 amide bonds. The molecule has 0 rings (SSSR count). The summed E-state index contributed by atoms with van der Waals surface area (Å²) in [7, 11) is 0. The van der Waals surface area contributed by atoms with Gasteiger partial charge in [-0.15, -0.1) is 0 Å². The summed E-state index contributed by atoms with van der Waals surface area (Å²) in [6.45, 7) is 2.58. The second kappa shape index (κ2) is 10.7. The quantitative estimate of drug-likeness (QED) is 0.182. The number of rotatable bonds is 11. The summed E-state index contributed by atoms with van der Waals surface area (Å²) in [6, 6.07) is -5.17. The number of nitrogens with one attached hydrogen (secondary N) is 3. The molecule has 0 saturated carbocycles. The van der Waals surface area contributed by atoms with Crippen LogP contribution in [-0.4, -0.2) is 64.8 Å². The smallest absolute Gasteiger partial charge is 0.326 e. The molecule has 0 fully saturated rings. The fourth-order valence-corrected chi connectivity index (χ4v) is 1.79. The van der Waals surface area contributed by atoms with Crippen LogP contribution in [-0.2, 0) is 28.8 Å². The number of carboxylic acid groups (broad SMARTS) is 1. The minimum Gasteiger partial charge on any atom is -0.480 e. The highest BCUT2D eigenvalue weighted by molar-refractivity contribution is 5.96. The number of carbonyl (C=O) groups is 6. The van der Waals surface area contributed by atoms with E-state index in [0.29, 0.717) is 0 Å². The summed E-state index contributed by atoms with van der Waals surface area (Å²) in [5.41, 5.74) is 15.3. The average molecular weight is 388 g/mol. The zero-order valence-electron chi connectivity index (χ0n) is 14.9. The van der Waals surface area contributed by atoms with Crippen LogP contribution < -0.4 is 33.2 Å². The number of hydrogen-bond donors (Lipinski definition) is 7. The lowest BCUT2D eigenvalue weighted by Gasteiger charge is -2.22. The first-order chi connectivity index (χ1) is 12.3. The molecule has 0 aliphatic heterocycles. The van der Waals surface area contributed by atoms with Crippen molar-refractivity contribution < 1.29 is 33.9 Å². The van der Waals surface area contributed by atoms with Crippen molar-refractivity contribution in [3.63, 3.8) is 0 Å². The third kappa shape index (κ3) is 9.15. The van der Waals surface area contributed by atoms with Gasteiger partial charge in [-0.2, -0.15) is 0 Å². The molecule has 10 N–H and O–H groups in total. The summed E-state index contributed by atoms with van der Waals surface area (Å²) < 4.78 is 0. The standard InChI is InChI=1S/C14H24N6O7/c1-5(15)11(23)19-7(3-9(16)21)13(25)18-6(2)12(24)20-8(14(26)27)4-10(17)22/h5-8H,3-4,15H2,1-2H3,(H2,16,21)(H2,17,22)(H,18,25)(H,19,23)(H,20,24)(H,26,27). The van der Waals surface area contributed by atoms with Crippen LogP contribution >= 0.6 is 0 Å². The van der Waals surface area contributed by atoms with E-state index in [-0.39, 0.29) is 0 Å². The molecule has 4 unspecified atom stereocenters. The van der Waals surface area contributed by atoms with Gasteiger partial charge < -0.3 is 38.3 Å². The molecule has 4 atom stereocenters. The predicted octanol–water partition coefficient (Wildman–Crippen LogP) is -4.36. The van der Waals surface area contributed by atoms with E-state index in [4.69, 9.17) is 22.3 Å². The second-order valence-corrected chi connectivity index (χ2v) is 5.82. The van der Waals surface area contributed by atoms with Gasteiger partial charge in [0.25, 0.3) is 0 Å². The highest BCUT2D eigenvalue weighted by Gasteiger charge is 2.29. The highest BCUT2D eigenvalue weighted by atomic mass is 16.4. The first kappa shape index (κ1) is 23.8. The van der Waals surface area contributed by atoms with Gasteiger partial charge in [-0.05, 0) is 13.8 Å². The Morgan fingerprint density at radius 3 is 1.63 bits per heavy atom. The molecule has 0 spiro atoms. The maximum atomic E-state index is 12.2. The van der Waals surface area contributed by atoms with Crippen LogP contribution in [0.1, 0.15) is 26.7 Å². The molecule has 0 aliphatic rings. The van der Waals surface area contributed by atoms with Crippen LogP contribution in [0.15, 0.2) is 0 Å². The van der Waals surface area contributed by atoms with E-state index in [2.05, 4.69) is 10.6 Å². The minimum atomic E-state index is -1.58. The Balaban J connectivity index is 5.00. The molecule has 152 valence electrons. The van der Waals surface area contributed by atoms with Gasteiger partial charge in [-0.1, -0.05) is 0 Å². The Bertz CT molecular complexity index is 621. The van der Waals surface area contributed by atoms with Gasteiger partial charge in [0.05, 0.1) is 18.9 Å². The van der Waals surface area contributed by atoms with E-state index in [9.17, 15) is 28.8 Å². The summed E-state index contributed by atoms with van der Waals surface area (Å²) in [6.07, 6.45) is -1.19. The summed E-state index contributed by atoms with van der Waals surface area (Å²) in [5.74, 6) is -5.87. The number of nitrogens with two attached hydrogens (primary N) is 3. The van der Waals surface area contributed by atoms with E-state index < -0.39 is 72.5 Å². The number of primary amides is 2. The van der Waals surface area contributed by atoms with E-state index in [0.717, 1.165) is 0 Å². The monoisotopic (exact) mass is 388 g/mol. The minimum absolute atomic E-state index is 0.544. The fourth-order valence-electron chi connectivity index (χ4n) is 1.79. The molecule has 0 aromatic heterocycles. The topological polar surface area (TPSA) is 237 Å². The van der Waals surface area contributed by atoms with Crippen molar-refractivity contribution in [2.75, 3.05) is 0 Å². The Labute approximate surface area is 154 Å². The second-order valence-electron chi connectivity index (χ2n) is 5.82. The van der Waals surface area contributed by atoms with Crippen molar-refractivity contribution in [1.29, 1.82) is 0 Å². The number of carboxylic acids is 1. The maximum absolute atomic E-state index is 12.2. The van der Waals surface area contributed by atoms with Crippen LogP contribution in [0, 0.1) is 0 Å². The third-order valence-corrected chi connectivity index (χ3v) is 3.22. The van der Waals surface area contributed by atoms with E-state index in [1.165, 1.54) is 13.8 Å². The van der Waals surface area contributed by atoms with Crippen molar-refractivity contribution in [3.05, 3.63) is 0 Å². The summed E-state index contributed by atoms with van der Waals surface area (Å²) in [5, 5.41) is 15.4. The lowest BCUT2D eigenvalue weighted by atomic mass is 10.1. The molecule has 0 bridgehead atoms. The van der Waals surface area contributed by atoms with Crippen LogP contribution in [0.2, 0.25) is 0 Å². The van der Waals surface area contributed by atoms with Crippen LogP contribution in [0.25, 0.3) is 0 Å². The van der Waals surface area contributed by atoms with Crippen molar-refractivity contribution >= 4 is 35.5 Å². The first-order valence-corrected chi connectivity index (χ1v) is 7.81. The molecule has 0 aromatic rings. The van der Waals surface area contributed by atoms with E-state index in [1.54, 1.807) is 0 Å². The number of aliphatic carboxylic acids is 1. The van der Waals surface area contributed by atoms with Crippen LogP contribution in [0.4, 0.5) is 0 Å². The van der Waals surface area contributed by atoms with Gasteiger partial charge >= 0.3 is 5.97 Å². The molecule has 0 aliphatic carbocycles.